The molecule has 2 aliphatic heterocycles. The van der Waals surface area contributed by atoms with E-state index < -0.39 is 0 Å². The highest BCUT2D eigenvalue weighted by molar-refractivity contribution is 6.35. The predicted octanol–water partition coefficient (Wildman–Crippen LogP) is 2.92. The Morgan fingerprint density at radius 1 is 1.16 bits per heavy atom. The fourth-order valence-electron chi connectivity index (χ4n) is 4.83. The summed E-state index contributed by atoms with van der Waals surface area (Å²) in [5.74, 6) is 0.614. The van der Waals surface area contributed by atoms with Crippen LogP contribution in [0.3, 0.4) is 0 Å². The molecule has 4 heterocycles. The van der Waals surface area contributed by atoms with Gasteiger partial charge in [-0.05, 0) is 50.4 Å². The van der Waals surface area contributed by atoms with Crippen LogP contribution in [0, 0.1) is 0 Å². The van der Waals surface area contributed by atoms with Gasteiger partial charge in [0.1, 0.15) is 17.8 Å². The number of anilines is 1. The van der Waals surface area contributed by atoms with Crippen molar-refractivity contribution in [2.75, 3.05) is 39.0 Å². The molecule has 5 rings (SSSR count). The van der Waals surface area contributed by atoms with Gasteiger partial charge in [-0.2, -0.15) is 5.10 Å². The summed E-state index contributed by atoms with van der Waals surface area (Å²) in [6, 6.07) is 3.57. The Labute approximate surface area is 186 Å². The van der Waals surface area contributed by atoms with Gasteiger partial charge in [-0.3, -0.25) is 9.48 Å². The summed E-state index contributed by atoms with van der Waals surface area (Å²) in [6.45, 7) is 3.52. The predicted molar refractivity (Wildman–Crippen MR) is 121 cm³/mol. The van der Waals surface area contributed by atoms with Crippen LogP contribution in [-0.2, 0) is 7.05 Å². The number of halogens is 1. The van der Waals surface area contributed by atoms with E-state index in [9.17, 15) is 4.79 Å². The number of nitrogen functional groups attached to an aromatic ring is 1. The van der Waals surface area contributed by atoms with E-state index in [1.807, 2.05) is 22.7 Å². The Balaban J connectivity index is 1.77. The number of carbonyl (C=O) groups excluding carboxylic acids is 1. The van der Waals surface area contributed by atoms with Crippen molar-refractivity contribution >= 4 is 34.2 Å². The maximum absolute atomic E-state index is 13.4. The molecule has 1 aromatic carbocycles. The van der Waals surface area contributed by atoms with Crippen LogP contribution in [0.15, 0.2) is 18.5 Å². The molecule has 0 radical (unpaired) electrons. The van der Waals surface area contributed by atoms with Gasteiger partial charge in [-0.25, -0.2) is 9.97 Å². The number of hydrogen-bond acceptors (Lipinski definition) is 6. The normalized spacial score (nSPS) is 19.6. The Kier molecular flexibility index (Phi) is 5.06. The summed E-state index contributed by atoms with van der Waals surface area (Å²) >= 11 is 6.83. The van der Waals surface area contributed by atoms with Crippen LogP contribution in [-0.4, -0.2) is 68.7 Å². The highest BCUT2D eigenvalue weighted by Crippen LogP contribution is 2.41. The molecule has 0 saturated carbocycles. The number of fused-ring (bicyclic) bond motifs is 1. The van der Waals surface area contributed by atoms with Gasteiger partial charge in [0.2, 0.25) is 0 Å². The Morgan fingerprint density at radius 3 is 2.65 bits per heavy atom. The number of rotatable bonds is 3. The fourth-order valence-corrected chi connectivity index (χ4v) is 5.12. The van der Waals surface area contributed by atoms with Gasteiger partial charge < -0.3 is 15.5 Å². The number of likely N-dealkylation sites (N-methyl/N-ethyl adjacent to an activating group) is 1. The monoisotopic (exact) mass is 439 g/mol. The summed E-state index contributed by atoms with van der Waals surface area (Å²) in [4.78, 5) is 26.0. The van der Waals surface area contributed by atoms with Crippen molar-refractivity contribution in [3.63, 3.8) is 0 Å². The standard InChI is InChI=1S/C22H26ClN7O/c1-28-6-3-5-13(11-28)18-19(22(31)30-7-4-8-30)15(23)9-14-20(27-29(2)21(14)18)16-10-17(24)26-12-25-16/h9-10,12-13H,3-8,11H2,1-2H3,(H2,24,25,26). The topological polar surface area (TPSA) is 93.2 Å². The molecule has 0 aliphatic carbocycles. The van der Waals surface area contributed by atoms with Gasteiger partial charge in [-0.1, -0.05) is 11.6 Å². The number of carbonyl (C=O) groups is 1. The van der Waals surface area contributed by atoms with Gasteiger partial charge in [0, 0.05) is 38.1 Å². The molecule has 0 spiro atoms. The molecule has 2 saturated heterocycles. The molecule has 2 fully saturated rings. The van der Waals surface area contributed by atoms with Crippen molar-refractivity contribution in [1.29, 1.82) is 0 Å². The van der Waals surface area contributed by atoms with Crippen LogP contribution in [0.4, 0.5) is 5.82 Å². The molecule has 162 valence electrons. The number of hydrogen-bond donors (Lipinski definition) is 1. The first-order chi connectivity index (χ1) is 14.9. The molecule has 0 bridgehead atoms. The zero-order valence-corrected chi connectivity index (χ0v) is 18.6. The van der Waals surface area contributed by atoms with Crippen molar-refractivity contribution in [3.05, 3.63) is 34.6 Å². The smallest absolute Gasteiger partial charge is 0.255 e. The molecular weight excluding hydrogens is 414 g/mol. The van der Waals surface area contributed by atoms with Crippen LogP contribution >= 0.6 is 11.6 Å². The number of piperidine rings is 1. The van der Waals surface area contributed by atoms with Crippen LogP contribution in [0.2, 0.25) is 5.02 Å². The van der Waals surface area contributed by atoms with Crippen molar-refractivity contribution in [1.82, 2.24) is 29.5 Å². The van der Waals surface area contributed by atoms with E-state index in [2.05, 4.69) is 21.9 Å². The number of aromatic nitrogens is 4. The quantitative estimate of drug-likeness (QED) is 0.674. The molecule has 3 aromatic rings. The van der Waals surface area contributed by atoms with E-state index in [1.54, 1.807) is 6.07 Å². The number of nitrogens with zero attached hydrogens (tertiary/aromatic N) is 6. The maximum atomic E-state index is 13.4. The lowest BCUT2D eigenvalue weighted by Crippen LogP contribution is -2.43. The molecule has 2 N–H and O–H groups in total. The van der Waals surface area contributed by atoms with E-state index in [0.29, 0.717) is 27.8 Å². The lowest BCUT2D eigenvalue weighted by Gasteiger charge is -2.35. The largest absolute Gasteiger partial charge is 0.384 e. The SMILES string of the molecule is CN1CCCC(c2c(C(=O)N3CCC3)c(Cl)cc3c(-c4cc(N)ncn4)nn(C)c23)C1. The molecule has 9 heteroatoms. The van der Waals surface area contributed by atoms with E-state index in [0.717, 1.165) is 61.9 Å². The lowest BCUT2D eigenvalue weighted by molar-refractivity contribution is 0.0649. The van der Waals surface area contributed by atoms with Crippen molar-refractivity contribution in [2.24, 2.45) is 7.05 Å². The highest BCUT2D eigenvalue weighted by atomic mass is 35.5. The summed E-state index contributed by atoms with van der Waals surface area (Å²) in [6.07, 6.45) is 4.57. The third-order valence-corrected chi connectivity index (χ3v) is 6.74. The molecule has 31 heavy (non-hydrogen) atoms. The van der Waals surface area contributed by atoms with Crippen LogP contribution in [0.5, 0.6) is 0 Å². The first kappa shape index (κ1) is 20.2. The Hall–Kier alpha value is -2.71. The highest BCUT2D eigenvalue weighted by Gasteiger charge is 2.33. The minimum absolute atomic E-state index is 0.0235. The van der Waals surface area contributed by atoms with E-state index in [4.69, 9.17) is 22.4 Å². The molecule has 8 nitrogen and oxygen atoms in total. The molecule has 2 aromatic heterocycles. The number of amides is 1. The fraction of sp³-hybridized carbons (Fsp3) is 0.455. The second-order valence-electron chi connectivity index (χ2n) is 8.59. The van der Waals surface area contributed by atoms with Gasteiger partial charge in [-0.15, -0.1) is 0 Å². The zero-order valence-electron chi connectivity index (χ0n) is 17.8. The third kappa shape index (κ3) is 3.43. The van der Waals surface area contributed by atoms with E-state index >= 15 is 0 Å². The Bertz CT molecular complexity index is 1170. The number of nitrogens with two attached hydrogens (primary N) is 1. The summed E-state index contributed by atoms with van der Waals surface area (Å²) in [7, 11) is 4.04. The number of aryl methyl sites for hydroxylation is 1. The van der Waals surface area contributed by atoms with Gasteiger partial charge >= 0.3 is 0 Å². The molecule has 2 aliphatic rings. The van der Waals surface area contributed by atoms with Gasteiger partial charge in [0.15, 0.2) is 0 Å². The van der Waals surface area contributed by atoms with E-state index in [-0.39, 0.29) is 11.8 Å². The first-order valence-corrected chi connectivity index (χ1v) is 11.1. The van der Waals surface area contributed by atoms with Crippen molar-refractivity contribution in [3.8, 4) is 11.4 Å². The number of benzene rings is 1. The first-order valence-electron chi connectivity index (χ1n) is 10.7. The lowest BCUT2D eigenvalue weighted by atomic mass is 9.85. The van der Waals surface area contributed by atoms with E-state index in [1.165, 1.54) is 6.33 Å². The zero-order chi connectivity index (χ0) is 21.7. The Morgan fingerprint density at radius 2 is 1.97 bits per heavy atom. The third-order valence-electron chi connectivity index (χ3n) is 6.44. The second kappa shape index (κ2) is 7.76. The van der Waals surface area contributed by atoms with Crippen LogP contribution in [0.1, 0.15) is 41.1 Å². The number of likely N-dealkylation sites (tertiary alicyclic amines) is 2. The van der Waals surface area contributed by atoms with Crippen LogP contribution in [0.25, 0.3) is 22.3 Å². The van der Waals surface area contributed by atoms with Crippen molar-refractivity contribution in [2.45, 2.75) is 25.2 Å². The van der Waals surface area contributed by atoms with Crippen molar-refractivity contribution < 1.29 is 4.79 Å². The average Bonchev–Trinajstić information content (AvgIpc) is 3.01. The van der Waals surface area contributed by atoms with Crippen LogP contribution < -0.4 is 5.73 Å². The second-order valence-corrected chi connectivity index (χ2v) is 9.00. The maximum Gasteiger partial charge on any atom is 0.255 e. The average molecular weight is 440 g/mol. The summed E-state index contributed by atoms with van der Waals surface area (Å²) in [5, 5.41) is 6.13. The van der Waals surface area contributed by atoms with Gasteiger partial charge in [0.25, 0.3) is 5.91 Å². The summed E-state index contributed by atoms with van der Waals surface area (Å²) in [5.41, 5.74) is 9.81. The molecule has 1 atom stereocenters. The minimum Gasteiger partial charge on any atom is -0.384 e. The van der Waals surface area contributed by atoms with Gasteiger partial charge in [0.05, 0.1) is 21.8 Å². The summed E-state index contributed by atoms with van der Waals surface area (Å²) < 4.78 is 1.86. The molecular formula is C22H26ClN7O. The minimum atomic E-state index is 0.0235. The molecule has 1 unspecified atom stereocenters. The molecule has 1 amide bonds.